The van der Waals surface area contributed by atoms with Crippen LogP contribution in [0, 0.1) is 6.92 Å². The molecule has 1 fully saturated rings. The van der Waals surface area contributed by atoms with Crippen molar-refractivity contribution in [2.45, 2.75) is 19.0 Å². The fourth-order valence-electron chi connectivity index (χ4n) is 2.68. The van der Waals surface area contributed by atoms with Crippen LogP contribution in [0.4, 0.5) is 4.39 Å². The van der Waals surface area contributed by atoms with E-state index in [2.05, 4.69) is 10.1 Å². The maximum atomic E-state index is 14.1. The number of carbonyl (C=O) groups excluding carboxylic acids is 1. The van der Waals surface area contributed by atoms with Crippen LogP contribution in [0.5, 0.6) is 0 Å². The molecule has 1 atom stereocenters. The molecule has 1 aliphatic heterocycles. The minimum atomic E-state index is -2.36. The normalized spacial score (nSPS) is 20.7. The Bertz CT molecular complexity index is 762. The summed E-state index contributed by atoms with van der Waals surface area (Å²) in [5, 5.41) is 12.9. The third kappa shape index (κ3) is 2.67. The zero-order valence-corrected chi connectivity index (χ0v) is 12.4. The number of carbonyl (C=O) groups is 2. The van der Waals surface area contributed by atoms with Crippen LogP contribution in [0.1, 0.15) is 22.3 Å². The number of carboxylic acid groups (broad SMARTS) is 1. The van der Waals surface area contributed by atoms with Gasteiger partial charge in [-0.3, -0.25) is 4.79 Å². The molecule has 0 bridgehead atoms. The van der Waals surface area contributed by atoms with E-state index in [9.17, 15) is 14.0 Å². The quantitative estimate of drug-likeness (QED) is 0.919. The predicted octanol–water partition coefficient (Wildman–Crippen LogP) is 1.21. The van der Waals surface area contributed by atoms with Gasteiger partial charge in [0.2, 0.25) is 5.67 Å². The number of alkyl halides is 1. The molecule has 7 nitrogen and oxygen atoms in total. The Hall–Kier alpha value is -2.77. The Balaban J connectivity index is 1.82. The van der Waals surface area contributed by atoms with E-state index < -0.39 is 18.2 Å². The minimum Gasteiger partial charge on any atom is -0.479 e. The maximum absolute atomic E-state index is 14.1. The van der Waals surface area contributed by atoms with Gasteiger partial charge in [-0.2, -0.15) is 5.10 Å². The van der Waals surface area contributed by atoms with Crippen molar-refractivity contribution in [2.75, 3.05) is 13.1 Å². The first-order chi connectivity index (χ1) is 10.9. The SMILES string of the molecule is Cc1cc(C(=O)N2CC[C@](F)(C(=O)O)C2)ccc1-n1cncn1. The summed E-state index contributed by atoms with van der Waals surface area (Å²) in [7, 11) is 0. The molecule has 1 aromatic carbocycles. The molecule has 0 unspecified atom stereocenters. The van der Waals surface area contributed by atoms with Crippen molar-refractivity contribution >= 4 is 11.9 Å². The van der Waals surface area contributed by atoms with Crippen LogP contribution in [0.15, 0.2) is 30.9 Å². The van der Waals surface area contributed by atoms with E-state index in [0.717, 1.165) is 11.3 Å². The fourth-order valence-corrected chi connectivity index (χ4v) is 2.68. The molecule has 1 aromatic heterocycles. The number of nitrogens with zero attached hydrogens (tertiary/aromatic N) is 4. The maximum Gasteiger partial charge on any atom is 0.343 e. The number of likely N-dealkylation sites (tertiary alicyclic amines) is 1. The van der Waals surface area contributed by atoms with Crippen LogP contribution in [0.3, 0.4) is 0 Å². The van der Waals surface area contributed by atoms with Crippen molar-refractivity contribution in [3.63, 3.8) is 0 Å². The molecular formula is C15H15FN4O3. The molecule has 1 aliphatic rings. The number of benzene rings is 1. The monoisotopic (exact) mass is 318 g/mol. The highest BCUT2D eigenvalue weighted by molar-refractivity contribution is 5.95. The van der Waals surface area contributed by atoms with Crippen molar-refractivity contribution in [3.8, 4) is 5.69 Å². The smallest absolute Gasteiger partial charge is 0.343 e. The van der Waals surface area contributed by atoms with Gasteiger partial charge in [0.15, 0.2) is 0 Å². The lowest BCUT2D eigenvalue weighted by Crippen LogP contribution is -2.38. The first kappa shape index (κ1) is 15.1. The fraction of sp³-hybridized carbons (Fsp3) is 0.333. The van der Waals surface area contributed by atoms with E-state index >= 15 is 0 Å². The van der Waals surface area contributed by atoms with Gasteiger partial charge in [-0.15, -0.1) is 0 Å². The van der Waals surface area contributed by atoms with Crippen LogP contribution in [-0.4, -0.2) is 55.4 Å². The molecule has 1 amide bonds. The zero-order valence-electron chi connectivity index (χ0n) is 12.4. The molecule has 0 spiro atoms. The lowest BCUT2D eigenvalue weighted by atomic mass is 10.1. The highest BCUT2D eigenvalue weighted by atomic mass is 19.1. The van der Waals surface area contributed by atoms with Crippen molar-refractivity contribution < 1.29 is 19.1 Å². The summed E-state index contributed by atoms with van der Waals surface area (Å²) < 4.78 is 15.7. The number of amides is 1. The van der Waals surface area contributed by atoms with Crippen molar-refractivity contribution in [3.05, 3.63) is 42.0 Å². The van der Waals surface area contributed by atoms with Crippen molar-refractivity contribution in [2.24, 2.45) is 0 Å². The van der Waals surface area contributed by atoms with Gasteiger partial charge < -0.3 is 10.0 Å². The van der Waals surface area contributed by atoms with E-state index in [-0.39, 0.29) is 18.9 Å². The molecule has 2 heterocycles. The first-order valence-electron chi connectivity index (χ1n) is 7.08. The summed E-state index contributed by atoms with van der Waals surface area (Å²) >= 11 is 0. The Morgan fingerprint density at radius 1 is 1.39 bits per heavy atom. The lowest BCUT2D eigenvalue weighted by Gasteiger charge is -2.18. The van der Waals surface area contributed by atoms with Crippen LogP contribution < -0.4 is 0 Å². The van der Waals surface area contributed by atoms with Gasteiger partial charge in [-0.1, -0.05) is 0 Å². The summed E-state index contributed by atoms with van der Waals surface area (Å²) in [6, 6.07) is 5.02. The van der Waals surface area contributed by atoms with E-state index in [0.29, 0.717) is 5.56 Å². The Kier molecular flexibility index (Phi) is 3.59. The lowest BCUT2D eigenvalue weighted by molar-refractivity contribution is -0.149. The molecule has 2 aromatic rings. The van der Waals surface area contributed by atoms with Gasteiger partial charge in [-0.05, 0) is 30.7 Å². The van der Waals surface area contributed by atoms with Gasteiger partial charge in [0, 0.05) is 18.5 Å². The van der Waals surface area contributed by atoms with Gasteiger partial charge in [0.05, 0.1) is 12.2 Å². The Morgan fingerprint density at radius 2 is 2.17 bits per heavy atom. The number of aliphatic carboxylic acids is 1. The summed E-state index contributed by atoms with van der Waals surface area (Å²) in [4.78, 5) is 28.5. The second-order valence-corrected chi connectivity index (χ2v) is 5.59. The third-order valence-corrected chi connectivity index (χ3v) is 4.00. The first-order valence-corrected chi connectivity index (χ1v) is 7.08. The van der Waals surface area contributed by atoms with Crippen LogP contribution in [-0.2, 0) is 4.79 Å². The average Bonchev–Trinajstić information content (AvgIpc) is 3.17. The topological polar surface area (TPSA) is 88.3 Å². The highest BCUT2D eigenvalue weighted by Gasteiger charge is 2.46. The van der Waals surface area contributed by atoms with Crippen LogP contribution >= 0.6 is 0 Å². The van der Waals surface area contributed by atoms with Gasteiger partial charge in [0.1, 0.15) is 12.7 Å². The summed E-state index contributed by atoms with van der Waals surface area (Å²) in [5.74, 6) is -1.90. The molecule has 1 saturated heterocycles. The van der Waals surface area contributed by atoms with E-state index in [4.69, 9.17) is 5.11 Å². The van der Waals surface area contributed by atoms with E-state index in [1.54, 1.807) is 29.2 Å². The molecule has 0 radical (unpaired) electrons. The second-order valence-electron chi connectivity index (χ2n) is 5.59. The van der Waals surface area contributed by atoms with Gasteiger partial charge >= 0.3 is 5.97 Å². The van der Waals surface area contributed by atoms with Crippen molar-refractivity contribution in [1.82, 2.24) is 19.7 Å². The Morgan fingerprint density at radius 3 is 2.74 bits per heavy atom. The standard InChI is InChI=1S/C15H15FN4O3/c1-10-6-11(2-3-12(10)20-9-17-8-18-20)13(21)19-5-4-15(16,7-19)14(22)23/h2-3,6,8-9H,4-5,7H2,1H3,(H,22,23)/t15-/m1/s1. The largest absolute Gasteiger partial charge is 0.479 e. The second kappa shape index (κ2) is 5.45. The molecule has 120 valence electrons. The van der Waals surface area contributed by atoms with Crippen LogP contribution in [0.2, 0.25) is 0 Å². The zero-order chi connectivity index (χ0) is 16.6. The third-order valence-electron chi connectivity index (χ3n) is 4.00. The number of rotatable bonds is 3. The number of aryl methyl sites for hydroxylation is 1. The molecule has 23 heavy (non-hydrogen) atoms. The van der Waals surface area contributed by atoms with E-state index in [1.165, 1.54) is 11.2 Å². The van der Waals surface area contributed by atoms with Gasteiger partial charge in [-0.25, -0.2) is 18.9 Å². The highest BCUT2D eigenvalue weighted by Crippen LogP contribution is 2.27. The number of halogens is 1. The number of carboxylic acids is 1. The van der Waals surface area contributed by atoms with Gasteiger partial charge in [0.25, 0.3) is 5.91 Å². The molecule has 0 aliphatic carbocycles. The Labute approximate surface area is 131 Å². The predicted molar refractivity (Wildman–Crippen MR) is 78.1 cm³/mol. The summed E-state index contributed by atoms with van der Waals surface area (Å²) in [5.41, 5.74) is -0.372. The minimum absolute atomic E-state index is 0.0888. The van der Waals surface area contributed by atoms with Crippen LogP contribution in [0.25, 0.3) is 5.69 Å². The molecular weight excluding hydrogens is 303 g/mol. The number of hydrogen-bond donors (Lipinski definition) is 1. The number of hydrogen-bond acceptors (Lipinski definition) is 4. The van der Waals surface area contributed by atoms with E-state index in [1.807, 2.05) is 6.92 Å². The molecule has 3 rings (SSSR count). The molecule has 8 heteroatoms. The molecule has 0 saturated carbocycles. The summed E-state index contributed by atoms with van der Waals surface area (Å²) in [6.07, 6.45) is 2.77. The van der Waals surface area contributed by atoms with Crippen molar-refractivity contribution in [1.29, 1.82) is 0 Å². The molecule has 1 N–H and O–H groups in total. The summed E-state index contributed by atoms with van der Waals surface area (Å²) in [6.45, 7) is 1.49. The number of aromatic nitrogens is 3. The average molecular weight is 318 g/mol.